The highest BCUT2D eigenvalue weighted by molar-refractivity contribution is 7.09. The molecule has 1 aromatic carbocycles. The Morgan fingerprint density at radius 1 is 1.13 bits per heavy atom. The summed E-state index contributed by atoms with van der Waals surface area (Å²) >= 11 is 1.35. The molecule has 1 aliphatic rings. The number of H-pyrrole nitrogens is 1. The Morgan fingerprint density at radius 3 is 2.39 bits per heavy atom. The third-order valence-corrected chi connectivity index (χ3v) is 5.42. The van der Waals surface area contributed by atoms with E-state index in [0.717, 1.165) is 48.9 Å². The standard InChI is InChI=1S/C18H25N3OS/c1-13(2)14-4-6-15(7-5-14)17-16(23-18(22)19-17)12-21-10-8-20(3)9-11-21/h4-7,13H,8-12H2,1-3H3,(H,19,22). The van der Waals surface area contributed by atoms with Crippen molar-refractivity contribution in [1.82, 2.24) is 14.8 Å². The highest BCUT2D eigenvalue weighted by Crippen LogP contribution is 2.26. The van der Waals surface area contributed by atoms with E-state index >= 15 is 0 Å². The molecule has 1 fully saturated rings. The molecule has 2 heterocycles. The molecule has 1 N–H and O–H groups in total. The van der Waals surface area contributed by atoms with Crippen molar-refractivity contribution < 1.29 is 0 Å². The lowest BCUT2D eigenvalue weighted by Gasteiger charge is -2.32. The molecule has 0 aliphatic carbocycles. The van der Waals surface area contributed by atoms with Gasteiger partial charge in [0.1, 0.15) is 0 Å². The molecule has 5 heteroatoms. The Balaban J connectivity index is 1.81. The second kappa shape index (κ2) is 6.99. The van der Waals surface area contributed by atoms with Crippen LogP contribution in [0.4, 0.5) is 0 Å². The molecule has 0 radical (unpaired) electrons. The normalized spacial score (nSPS) is 17.0. The van der Waals surface area contributed by atoms with Gasteiger partial charge in [-0.3, -0.25) is 9.69 Å². The number of likely N-dealkylation sites (N-methyl/N-ethyl adjacent to an activating group) is 1. The lowest BCUT2D eigenvalue weighted by molar-refractivity contribution is 0.149. The molecule has 0 unspecified atom stereocenters. The van der Waals surface area contributed by atoms with Crippen LogP contribution in [0.5, 0.6) is 0 Å². The van der Waals surface area contributed by atoms with E-state index in [1.807, 2.05) is 0 Å². The number of rotatable bonds is 4. The minimum Gasteiger partial charge on any atom is -0.312 e. The summed E-state index contributed by atoms with van der Waals surface area (Å²) in [7, 11) is 2.16. The summed E-state index contributed by atoms with van der Waals surface area (Å²) < 4.78 is 0. The lowest BCUT2D eigenvalue weighted by atomic mass is 10.0. The van der Waals surface area contributed by atoms with E-state index in [9.17, 15) is 4.79 Å². The van der Waals surface area contributed by atoms with Gasteiger partial charge in [0, 0.05) is 37.6 Å². The number of benzene rings is 1. The fourth-order valence-corrected chi connectivity index (χ4v) is 3.84. The average Bonchev–Trinajstić information content (AvgIpc) is 2.90. The van der Waals surface area contributed by atoms with Gasteiger partial charge in [0.2, 0.25) is 0 Å². The topological polar surface area (TPSA) is 39.3 Å². The van der Waals surface area contributed by atoms with Crippen LogP contribution in [0.1, 0.15) is 30.2 Å². The first-order chi connectivity index (χ1) is 11.0. The van der Waals surface area contributed by atoms with Crippen molar-refractivity contribution in [3.05, 3.63) is 44.4 Å². The van der Waals surface area contributed by atoms with Gasteiger partial charge in [-0.15, -0.1) is 0 Å². The van der Waals surface area contributed by atoms with E-state index < -0.39 is 0 Å². The van der Waals surface area contributed by atoms with Crippen molar-refractivity contribution in [2.45, 2.75) is 26.3 Å². The summed E-state index contributed by atoms with van der Waals surface area (Å²) in [4.78, 5) is 20.9. The molecule has 0 bridgehead atoms. The molecule has 124 valence electrons. The van der Waals surface area contributed by atoms with Gasteiger partial charge in [0.15, 0.2) is 0 Å². The molecule has 1 aromatic heterocycles. The predicted octanol–water partition coefficient (Wildman–Crippen LogP) is 2.97. The van der Waals surface area contributed by atoms with E-state index in [2.05, 4.69) is 59.9 Å². The molecule has 0 amide bonds. The zero-order valence-electron chi connectivity index (χ0n) is 14.1. The van der Waals surface area contributed by atoms with E-state index in [1.165, 1.54) is 16.9 Å². The average molecular weight is 331 g/mol. The molecule has 1 saturated heterocycles. The van der Waals surface area contributed by atoms with E-state index in [0.29, 0.717) is 5.92 Å². The fourth-order valence-electron chi connectivity index (χ4n) is 2.95. The second-order valence-electron chi connectivity index (χ2n) is 6.67. The smallest absolute Gasteiger partial charge is 0.305 e. The second-order valence-corrected chi connectivity index (χ2v) is 7.74. The van der Waals surface area contributed by atoms with Crippen LogP contribution in [-0.2, 0) is 6.54 Å². The maximum absolute atomic E-state index is 11.9. The Kier molecular flexibility index (Phi) is 4.99. The highest BCUT2D eigenvalue weighted by Gasteiger charge is 2.18. The van der Waals surface area contributed by atoms with E-state index in [-0.39, 0.29) is 4.87 Å². The molecular weight excluding hydrogens is 306 g/mol. The van der Waals surface area contributed by atoms with Crippen LogP contribution < -0.4 is 4.87 Å². The minimum atomic E-state index is 0.0389. The lowest BCUT2D eigenvalue weighted by Crippen LogP contribution is -2.43. The number of piperazine rings is 1. The molecule has 0 saturated carbocycles. The highest BCUT2D eigenvalue weighted by atomic mass is 32.1. The molecule has 1 aliphatic heterocycles. The molecule has 23 heavy (non-hydrogen) atoms. The quantitative estimate of drug-likeness (QED) is 0.936. The van der Waals surface area contributed by atoms with Crippen LogP contribution in [0.2, 0.25) is 0 Å². The van der Waals surface area contributed by atoms with Crippen molar-refractivity contribution in [2.75, 3.05) is 33.2 Å². The first-order valence-corrected chi connectivity index (χ1v) is 9.08. The molecule has 0 atom stereocenters. The zero-order chi connectivity index (χ0) is 16.4. The van der Waals surface area contributed by atoms with Gasteiger partial charge < -0.3 is 9.88 Å². The van der Waals surface area contributed by atoms with Gasteiger partial charge in [-0.2, -0.15) is 0 Å². The third kappa shape index (κ3) is 3.91. The Morgan fingerprint density at radius 2 is 1.78 bits per heavy atom. The number of nitrogens with one attached hydrogen (secondary N) is 1. The van der Waals surface area contributed by atoms with Gasteiger partial charge >= 0.3 is 4.87 Å². The van der Waals surface area contributed by atoms with Gasteiger partial charge in [0.05, 0.1) is 5.69 Å². The number of aromatic nitrogens is 1. The number of aromatic amines is 1. The van der Waals surface area contributed by atoms with E-state index in [1.54, 1.807) is 0 Å². The Labute approximate surface area is 141 Å². The SMILES string of the molecule is CC(C)c1ccc(-c2[nH]c(=O)sc2CN2CCN(C)CC2)cc1. The van der Waals surface area contributed by atoms with Crippen LogP contribution in [0.25, 0.3) is 11.3 Å². The van der Waals surface area contributed by atoms with Crippen LogP contribution in [0, 0.1) is 0 Å². The summed E-state index contributed by atoms with van der Waals surface area (Å²) in [5.74, 6) is 0.524. The van der Waals surface area contributed by atoms with Crippen molar-refractivity contribution in [3.63, 3.8) is 0 Å². The van der Waals surface area contributed by atoms with Crippen molar-refractivity contribution in [2.24, 2.45) is 0 Å². The van der Waals surface area contributed by atoms with Crippen LogP contribution in [-0.4, -0.2) is 48.0 Å². The predicted molar refractivity (Wildman–Crippen MR) is 97.2 cm³/mol. The zero-order valence-corrected chi connectivity index (χ0v) is 14.9. The van der Waals surface area contributed by atoms with Gasteiger partial charge in [-0.05, 0) is 24.1 Å². The molecule has 3 rings (SSSR count). The van der Waals surface area contributed by atoms with Gasteiger partial charge in [-0.25, -0.2) is 0 Å². The summed E-state index contributed by atoms with van der Waals surface area (Å²) in [6.45, 7) is 9.57. The number of hydrogen-bond donors (Lipinski definition) is 1. The first-order valence-electron chi connectivity index (χ1n) is 8.26. The third-order valence-electron chi connectivity index (χ3n) is 4.55. The van der Waals surface area contributed by atoms with Gasteiger partial charge in [-0.1, -0.05) is 49.4 Å². The van der Waals surface area contributed by atoms with Crippen LogP contribution >= 0.6 is 11.3 Å². The van der Waals surface area contributed by atoms with Crippen molar-refractivity contribution in [3.8, 4) is 11.3 Å². The summed E-state index contributed by atoms with van der Waals surface area (Å²) in [6, 6.07) is 8.58. The van der Waals surface area contributed by atoms with Crippen molar-refractivity contribution in [1.29, 1.82) is 0 Å². The van der Waals surface area contributed by atoms with Crippen LogP contribution in [0.3, 0.4) is 0 Å². The Hall–Kier alpha value is -1.43. The minimum absolute atomic E-state index is 0.0389. The maximum atomic E-state index is 11.9. The number of thiazole rings is 1. The molecule has 0 spiro atoms. The first kappa shape index (κ1) is 16.4. The Bertz CT molecular complexity index is 694. The summed E-state index contributed by atoms with van der Waals surface area (Å²) in [5, 5.41) is 0. The number of nitrogens with zero attached hydrogens (tertiary/aromatic N) is 2. The summed E-state index contributed by atoms with van der Waals surface area (Å²) in [6.07, 6.45) is 0. The molecule has 4 nitrogen and oxygen atoms in total. The summed E-state index contributed by atoms with van der Waals surface area (Å²) in [5.41, 5.74) is 3.43. The maximum Gasteiger partial charge on any atom is 0.305 e. The van der Waals surface area contributed by atoms with Crippen LogP contribution in [0.15, 0.2) is 29.1 Å². The largest absolute Gasteiger partial charge is 0.312 e. The number of hydrogen-bond acceptors (Lipinski definition) is 4. The van der Waals surface area contributed by atoms with E-state index in [4.69, 9.17) is 0 Å². The molecule has 2 aromatic rings. The monoisotopic (exact) mass is 331 g/mol. The fraction of sp³-hybridized carbons (Fsp3) is 0.500. The van der Waals surface area contributed by atoms with Crippen molar-refractivity contribution >= 4 is 11.3 Å². The van der Waals surface area contributed by atoms with Gasteiger partial charge in [0.25, 0.3) is 0 Å². The molecular formula is C18H25N3OS.